The van der Waals surface area contributed by atoms with Gasteiger partial charge in [0.05, 0.1) is 12.2 Å². The molecule has 0 bridgehead atoms. The van der Waals surface area contributed by atoms with E-state index in [-0.39, 0.29) is 17.2 Å². The van der Waals surface area contributed by atoms with Gasteiger partial charge in [-0.3, -0.25) is 0 Å². The Hall–Kier alpha value is -0.563. The maximum Gasteiger partial charge on any atom is 0.192 e. The normalized spacial score (nSPS) is 18.2. The maximum absolute atomic E-state index is 6.78. The number of allylic oxidation sites excluding steroid dienone is 1. The monoisotopic (exact) mass is 352 g/mol. The number of methoxy groups -OCH3 is 1. The zero-order valence-corrected chi connectivity index (χ0v) is 18.5. The summed E-state index contributed by atoms with van der Waals surface area (Å²) in [5, 5.41) is 0.201. The van der Waals surface area contributed by atoms with E-state index >= 15 is 0 Å². The molecule has 0 aliphatic carbocycles. The summed E-state index contributed by atoms with van der Waals surface area (Å²) in [4.78, 5) is 0. The van der Waals surface area contributed by atoms with E-state index in [2.05, 4.69) is 72.7 Å². The molecule has 0 aliphatic heterocycles. The summed E-state index contributed by atoms with van der Waals surface area (Å²) in [7, 11) is -0.0415. The molecule has 3 heteroatoms. The summed E-state index contributed by atoms with van der Waals surface area (Å²) in [5.41, 5.74) is 0. The van der Waals surface area contributed by atoms with Gasteiger partial charge in [-0.15, -0.1) is 12.3 Å². The molecule has 0 spiro atoms. The second-order valence-corrected chi connectivity index (χ2v) is 13.2. The Kier molecular flexibility index (Phi) is 10.2. The number of hydrogen-bond acceptors (Lipinski definition) is 2. The van der Waals surface area contributed by atoms with Gasteiger partial charge in [0.15, 0.2) is 8.32 Å². The molecular formula is C21H40O2Si. The van der Waals surface area contributed by atoms with Gasteiger partial charge in [0, 0.05) is 19.4 Å². The van der Waals surface area contributed by atoms with Gasteiger partial charge in [-0.2, -0.15) is 0 Å². The lowest BCUT2D eigenvalue weighted by Gasteiger charge is -2.42. The van der Waals surface area contributed by atoms with Crippen LogP contribution in [0.3, 0.4) is 0 Å². The van der Waals surface area contributed by atoms with Crippen molar-refractivity contribution in [2.75, 3.05) is 7.11 Å². The molecule has 2 nitrogen and oxygen atoms in total. The summed E-state index contributed by atoms with van der Waals surface area (Å²) >= 11 is 0. The fraction of sp³-hybridized carbons (Fsp3) is 0.810. The first-order valence-electron chi connectivity index (χ1n) is 9.30. The average Bonchev–Trinajstić information content (AvgIpc) is 2.46. The second-order valence-electron chi connectivity index (χ2n) is 8.48. The largest absolute Gasteiger partial charge is 0.413 e. The van der Waals surface area contributed by atoms with Crippen LogP contribution in [-0.2, 0) is 9.16 Å². The van der Waals surface area contributed by atoms with Gasteiger partial charge in [0.2, 0.25) is 0 Å². The molecule has 0 fully saturated rings. The highest BCUT2D eigenvalue weighted by Gasteiger charge is 2.41. The van der Waals surface area contributed by atoms with Crippen molar-refractivity contribution < 1.29 is 9.16 Å². The summed E-state index contributed by atoms with van der Waals surface area (Å²) in [6.07, 6.45) is 13.0. The molecule has 24 heavy (non-hydrogen) atoms. The van der Waals surface area contributed by atoms with Crippen molar-refractivity contribution in [3.8, 4) is 12.3 Å². The molecule has 0 aromatic rings. The molecule has 0 heterocycles. The first kappa shape index (κ1) is 23.4. The van der Waals surface area contributed by atoms with E-state index in [0.717, 1.165) is 19.3 Å². The van der Waals surface area contributed by atoms with Gasteiger partial charge < -0.3 is 9.16 Å². The Morgan fingerprint density at radius 3 is 2.17 bits per heavy atom. The summed E-state index contributed by atoms with van der Waals surface area (Å²) in [6, 6.07) is 0. The first-order chi connectivity index (χ1) is 11.0. The SMILES string of the molecule is C#CC[C@H](C)[C@@H](OC)[C@@H](C)[C@@H](C/C=C/CC)O[Si](C)(C)C(C)(C)C. The number of hydrogen-bond donors (Lipinski definition) is 0. The predicted octanol–water partition coefficient (Wildman–Crippen LogP) is 6.04. The topological polar surface area (TPSA) is 18.5 Å². The summed E-state index contributed by atoms with van der Waals surface area (Å²) < 4.78 is 12.6. The molecule has 4 atom stereocenters. The van der Waals surface area contributed by atoms with Crippen molar-refractivity contribution in [3.05, 3.63) is 12.2 Å². The molecule has 0 saturated carbocycles. The second kappa shape index (κ2) is 10.4. The molecular weight excluding hydrogens is 312 g/mol. The van der Waals surface area contributed by atoms with Gasteiger partial charge >= 0.3 is 0 Å². The van der Waals surface area contributed by atoms with E-state index in [1.54, 1.807) is 7.11 Å². The van der Waals surface area contributed by atoms with Crippen LogP contribution < -0.4 is 0 Å². The predicted molar refractivity (Wildman–Crippen MR) is 109 cm³/mol. The standard InChI is InChI=1S/C21H40O2Si/c1-11-13-14-16-19(23-24(9,10)21(5,6)7)18(4)20(22-8)17(3)15-12-2/h2,13-14,17-20H,11,15-16H2,1,3-10H3/b14-13+/t17-,18-,19+,20+/m0/s1. The van der Waals surface area contributed by atoms with Crippen LogP contribution in [0.5, 0.6) is 0 Å². The molecule has 0 N–H and O–H groups in total. The highest BCUT2D eigenvalue weighted by Crippen LogP contribution is 2.39. The van der Waals surface area contributed by atoms with Gasteiger partial charge in [-0.1, -0.05) is 53.7 Å². The van der Waals surface area contributed by atoms with Gasteiger partial charge in [0.1, 0.15) is 0 Å². The van der Waals surface area contributed by atoms with Crippen molar-refractivity contribution in [1.29, 1.82) is 0 Å². The van der Waals surface area contributed by atoms with Crippen molar-refractivity contribution in [2.24, 2.45) is 11.8 Å². The Morgan fingerprint density at radius 2 is 1.75 bits per heavy atom. The number of terminal acetylenes is 1. The molecule has 0 aromatic carbocycles. The van der Waals surface area contributed by atoms with Crippen molar-refractivity contribution >= 4 is 8.32 Å². The molecule has 0 unspecified atom stereocenters. The molecule has 0 aromatic heterocycles. The Morgan fingerprint density at radius 1 is 1.17 bits per heavy atom. The third-order valence-corrected chi connectivity index (χ3v) is 9.90. The summed E-state index contributed by atoms with van der Waals surface area (Å²) in [6.45, 7) is 18.1. The van der Waals surface area contributed by atoms with Crippen LogP contribution in [0.2, 0.25) is 18.1 Å². The quantitative estimate of drug-likeness (QED) is 0.271. The van der Waals surface area contributed by atoms with Crippen LogP contribution in [0, 0.1) is 24.2 Å². The van der Waals surface area contributed by atoms with Crippen LogP contribution in [0.15, 0.2) is 12.2 Å². The number of ether oxygens (including phenoxy) is 1. The zero-order valence-electron chi connectivity index (χ0n) is 17.5. The van der Waals surface area contributed by atoms with Crippen LogP contribution in [0.1, 0.15) is 60.8 Å². The first-order valence-corrected chi connectivity index (χ1v) is 12.2. The Balaban J connectivity index is 5.37. The van der Waals surface area contributed by atoms with Gasteiger partial charge in [-0.25, -0.2) is 0 Å². The van der Waals surface area contributed by atoms with E-state index in [1.165, 1.54) is 0 Å². The fourth-order valence-corrected chi connectivity index (χ4v) is 4.22. The van der Waals surface area contributed by atoms with E-state index in [4.69, 9.17) is 15.6 Å². The highest BCUT2D eigenvalue weighted by molar-refractivity contribution is 6.74. The van der Waals surface area contributed by atoms with Crippen molar-refractivity contribution in [1.82, 2.24) is 0 Å². The fourth-order valence-electron chi connectivity index (χ4n) is 2.80. The minimum absolute atomic E-state index is 0.117. The lowest BCUT2D eigenvalue weighted by atomic mass is 9.86. The molecule has 0 saturated heterocycles. The zero-order chi connectivity index (χ0) is 19.0. The van der Waals surface area contributed by atoms with Crippen molar-refractivity contribution in [2.45, 2.75) is 91.1 Å². The van der Waals surface area contributed by atoms with Crippen LogP contribution in [0.4, 0.5) is 0 Å². The van der Waals surface area contributed by atoms with Gasteiger partial charge in [0.25, 0.3) is 0 Å². The maximum atomic E-state index is 6.78. The van der Waals surface area contributed by atoms with Crippen LogP contribution >= 0.6 is 0 Å². The minimum atomic E-state index is -1.83. The van der Waals surface area contributed by atoms with E-state index in [9.17, 15) is 0 Å². The van der Waals surface area contributed by atoms with Gasteiger partial charge in [-0.05, 0) is 36.9 Å². The van der Waals surface area contributed by atoms with E-state index < -0.39 is 8.32 Å². The molecule has 0 amide bonds. The third-order valence-electron chi connectivity index (χ3n) is 5.40. The molecule has 0 radical (unpaired) electrons. The smallest absolute Gasteiger partial charge is 0.192 e. The lowest BCUT2D eigenvalue weighted by molar-refractivity contribution is -0.0275. The number of rotatable bonds is 10. The van der Waals surface area contributed by atoms with E-state index in [1.807, 2.05) is 0 Å². The molecule has 140 valence electrons. The van der Waals surface area contributed by atoms with Crippen LogP contribution in [-0.4, -0.2) is 27.6 Å². The van der Waals surface area contributed by atoms with Crippen LogP contribution in [0.25, 0.3) is 0 Å². The summed E-state index contributed by atoms with van der Waals surface area (Å²) in [5.74, 6) is 3.40. The average molecular weight is 353 g/mol. The van der Waals surface area contributed by atoms with E-state index in [0.29, 0.717) is 11.8 Å². The molecule has 0 rings (SSSR count). The lowest BCUT2D eigenvalue weighted by Crippen LogP contribution is -2.48. The molecule has 0 aliphatic rings. The Bertz CT molecular complexity index is 415. The minimum Gasteiger partial charge on any atom is -0.413 e. The third kappa shape index (κ3) is 7.13. The van der Waals surface area contributed by atoms with Crippen molar-refractivity contribution in [3.63, 3.8) is 0 Å². The Labute approximate surface area is 152 Å². The highest BCUT2D eigenvalue weighted by atomic mass is 28.4.